The van der Waals surface area contributed by atoms with Crippen LogP contribution >= 0.6 is 0 Å². The maximum Gasteiger partial charge on any atom is 0.239 e. The van der Waals surface area contributed by atoms with Gasteiger partial charge in [0.1, 0.15) is 11.5 Å². The quantitative estimate of drug-likeness (QED) is 0.792. The highest BCUT2D eigenvalue weighted by Crippen LogP contribution is 2.09. The van der Waals surface area contributed by atoms with E-state index in [2.05, 4.69) is 17.1 Å². The number of anilines is 1. The standard InChI is InChI=1S/C17H25N3O4S/c1-3-19-8-10-20(11-9-19)17(22)13-25(23,24)12-16(21)18-15-6-4-14(2)5-7-15/h4-7H,3,8-13H2,1-2H3,(H,18,21). The minimum atomic E-state index is -3.79. The monoisotopic (exact) mass is 367 g/mol. The molecule has 1 aliphatic heterocycles. The van der Waals surface area contributed by atoms with Crippen LogP contribution in [0, 0.1) is 6.92 Å². The first kappa shape index (κ1) is 19.4. The molecule has 0 spiro atoms. The van der Waals surface area contributed by atoms with Gasteiger partial charge >= 0.3 is 0 Å². The second-order valence-electron chi connectivity index (χ2n) is 6.26. The molecule has 2 rings (SSSR count). The predicted octanol–water partition coefficient (Wildman–Crippen LogP) is 0.512. The van der Waals surface area contributed by atoms with Crippen molar-refractivity contribution in [2.45, 2.75) is 13.8 Å². The van der Waals surface area contributed by atoms with Crippen molar-refractivity contribution in [3.63, 3.8) is 0 Å². The summed E-state index contributed by atoms with van der Waals surface area (Å²) < 4.78 is 24.3. The Hall–Kier alpha value is -1.93. The third-order valence-corrected chi connectivity index (χ3v) is 5.59. The molecule has 1 aromatic carbocycles. The van der Waals surface area contributed by atoms with E-state index in [0.717, 1.165) is 25.2 Å². The minimum absolute atomic E-state index is 0.432. The number of rotatable bonds is 6. The molecule has 25 heavy (non-hydrogen) atoms. The second kappa shape index (κ2) is 8.44. The van der Waals surface area contributed by atoms with Crippen LogP contribution in [0.1, 0.15) is 12.5 Å². The lowest BCUT2D eigenvalue weighted by Crippen LogP contribution is -2.50. The molecule has 2 amide bonds. The molecular weight excluding hydrogens is 342 g/mol. The van der Waals surface area contributed by atoms with Crippen LogP contribution < -0.4 is 5.32 Å². The highest BCUT2D eigenvalue weighted by molar-refractivity contribution is 7.92. The van der Waals surface area contributed by atoms with E-state index in [1.54, 1.807) is 17.0 Å². The van der Waals surface area contributed by atoms with Crippen molar-refractivity contribution in [3.8, 4) is 0 Å². The molecule has 0 aromatic heterocycles. The SMILES string of the molecule is CCN1CCN(C(=O)CS(=O)(=O)CC(=O)Nc2ccc(C)cc2)CC1. The van der Waals surface area contributed by atoms with Gasteiger partial charge in [-0.25, -0.2) is 8.42 Å². The summed E-state index contributed by atoms with van der Waals surface area (Å²) >= 11 is 0. The molecule has 7 nitrogen and oxygen atoms in total. The van der Waals surface area contributed by atoms with Crippen molar-refractivity contribution in [1.82, 2.24) is 9.80 Å². The van der Waals surface area contributed by atoms with Gasteiger partial charge in [-0.05, 0) is 25.6 Å². The third kappa shape index (κ3) is 6.13. The van der Waals surface area contributed by atoms with Crippen LogP contribution in [-0.4, -0.2) is 74.3 Å². The topological polar surface area (TPSA) is 86.8 Å². The molecule has 8 heteroatoms. The first-order valence-electron chi connectivity index (χ1n) is 8.36. The largest absolute Gasteiger partial charge is 0.339 e. The van der Waals surface area contributed by atoms with Gasteiger partial charge in [-0.15, -0.1) is 0 Å². The fourth-order valence-electron chi connectivity index (χ4n) is 2.68. The molecule has 0 unspecified atom stereocenters. The number of carbonyl (C=O) groups excluding carboxylic acids is 2. The lowest BCUT2D eigenvalue weighted by atomic mass is 10.2. The van der Waals surface area contributed by atoms with Gasteiger partial charge in [0, 0.05) is 31.9 Å². The Kier molecular flexibility index (Phi) is 6.55. The molecule has 1 aliphatic rings. The molecule has 138 valence electrons. The summed E-state index contributed by atoms with van der Waals surface area (Å²) in [5, 5.41) is 2.54. The summed E-state index contributed by atoms with van der Waals surface area (Å²) in [6, 6.07) is 7.06. The van der Waals surface area contributed by atoms with Gasteiger partial charge in [-0.3, -0.25) is 9.59 Å². The number of nitrogens with zero attached hydrogens (tertiary/aromatic N) is 2. The fourth-order valence-corrected chi connectivity index (χ4v) is 3.81. The Morgan fingerprint density at radius 2 is 1.64 bits per heavy atom. The van der Waals surface area contributed by atoms with Crippen LogP contribution in [-0.2, 0) is 19.4 Å². The Morgan fingerprint density at radius 3 is 2.20 bits per heavy atom. The van der Waals surface area contributed by atoms with Gasteiger partial charge in [-0.1, -0.05) is 24.6 Å². The molecule has 1 fully saturated rings. The lowest BCUT2D eigenvalue weighted by Gasteiger charge is -2.34. The second-order valence-corrected chi connectivity index (χ2v) is 8.33. The summed E-state index contributed by atoms with van der Waals surface area (Å²) in [6.45, 7) is 7.43. The van der Waals surface area contributed by atoms with Gasteiger partial charge in [0.2, 0.25) is 11.8 Å². The number of sulfone groups is 1. The smallest absolute Gasteiger partial charge is 0.239 e. The Labute approximate surface area is 148 Å². The van der Waals surface area contributed by atoms with Gasteiger partial charge in [0.15, 0.2) is 9.84 Å². The molecule has 0 aliphatic carbocycles. The normalized spacial score (nSPS) is 15.8. The molecule has 1 heterocycles. The molecule has 1 aromatic rings. The van der Waals surface area contributed by atoms with Crippen molar-refractivity contribution in [1.29, 1.82) is 0 Å². The van der Waals surface area contributed by atoms with E-state index in [1.165, 1.54) is 0 Å². The highest BCUT2D eigenvalue weighted by atomic mass is 32.2. The number of amides is 2. The van der Waals surface area contributed by atoms with Crippen molar-refractivity contribution in [2.75, 3.05) is 49.5 Å². The highest BCUT2D eigenvalue weighted by Gasteiger charge is 2.26. The van der Waals surface area contributed by atoms with E-state index in [1.807, 2.05) is 19.1 Å². The summed E-state index contributed by atoms with van der Waals surface area (Å²) in [7, 11) is -3.79. The van der Waals surface area contributed by atoms with Crippen molar-refractivity contribution in [3.05, 3.63) is 29.8 Å². The number of carbonyl (C=O) groups is 2. The summed E-state index contributed by atoms with van der Waals surface area (Å²) in [5.74, 6) is -2.38. The Bertz CT molecular complexity index is 708. The zero-order valence-corrected chi connectivity index (χ0v) is 15.5. The van der Waals surface area contributed by atoms with E-state index in [9.17, 15) is 18.0 Å². The maximum atomic E-state index is 12.2. The predicted molar refractivity (Wildman–Crippen MR) is 97.2 cm³/mol. The average molecular weight is 367 g/mol. The van der Waals surface area contributed by atoms with E-state index in [4.69, 9.17) is 0 Å². The Balaban J connectivity index is 1.85. The maximum absolute atomic E-state index is 12.2. The van der Waals surface area contributed by atoms with Gasteiger partial charge in [-0.2, -0.15) is 0 Å². The van der Waals surface area contributed by atoms with E-state index < -0.39 is 33.2 Å². The number of hydrogen-bond acceptors (Lipinski definition) is 5. The number of nitrogens with one attached hydrogen (secondary N) is 1. The number of piperazine rings is 1. The first-order valence-corrected chi connectivity index (χ1v) is 10.2. The summed E-state index contributed by atoms with van der Waals surface area (Å²) in [6.07, 6.45) is 0. The van der Waals surface area contributed by atoms with Crippen molar-refractivity contribution in [2.24, 2.45) is 0 Å². The minimum Gasteiger partial charge on any atom is -0.339 e. The number of likely N-dealkylation sites (N-methyl/N-ethyl adjacent to an activating group) is 1. The van der Waals surface area contributed by atoms with Crippen LogP contribution in [0.25, 0.3) is 0 Å². The molecule has 0 radical (unpaired) electrons. The molecule has 0 bridgehead atoms. The van der Waals surface area contributed by atoms with Gasteiger partial charge in [0.25, 0.3) is 0 Å². The fraction of sp³-hybridized carbons (Fsp3) is 0.529. The molecule has 0 saturated carbocycles. The van der Waals surface area contributed by atoms with Crippen LogP contribution in [0.4, 0.5) is 5.69 Å². The summed E-state index contributed by atoms with van der Waals surface area (Å²) in [5.41, 5.74) is 1.58. The summed E-state index contributed by atoms with van der Waals surface area (Å²) in [4.78, 5) is 27.9. The zero-order chi connectivity index (χ0) is 18.4. The van der Waals surface area contributed by atoms with Crippen LogP contribution in [0.2, 0.25) is 0 Å². The number of hydrogen-bond donors (Lipinski definition) is 1. The molecular formula is C17H25N3O4S. The molecule has 0 atom stereocenters. The van der Waals surface area contributed by atoms with Crippen LogP contribution in [0.3, 0.4) is 0 Å². The van der Waals surface area contributed by atoms with Crippen molar-refractivity contribution < 1.29 is 18.0 Å². The zero-order valence-electron chi connectivity index (χ0n) is 14.7. The molecule has 1 saturated heterocycles. The Morgan fingerprint density at radius 1 is 1.04 bits per heavy atom. The van der Waals surface area contributed by atoms with E-state index in [0.29, 0.717) is 18.8 Å². The first-order chi connectivity index (χ1) is 11.8. The van der Waals surface area contributed by atoms with Gasteiger partial charge < -0.3 is 15.1 Å². The lowest BCUT2D eigenvalue weighted by molar-refractivity contribution is -0.130. The third-order valence-electron chi connectivity index (χ3n) is 4.20. The van der Waals surface area contributed by atoms with E-state index in [-0.39, 0.29) is 0 Å². The molecule has 1 N–H and O–H groups in total. The van der Waals surface area contributed by atoms with Crippen molar-refractivity contribution >= 4 is 27.3 Å². The van der Waals surface area contributed by atoms with E-state index >= 15 is 0 Å². The van der Waals surface area contributed by atoms with Gasteiger partial charge in [0.05, 0.1) is 0 Å². The van der Waals surface area contributed by atoms with Crippen LogP contribution in [0.15, 0.2) is 24.3 Å². The number of benzene rings is 1. The average Bonchev–Trinajstić information content (AvgIpc) is 2.56. The number of aryl methyl sites for hydroxylation is 1. The van der Waals surface area contributed by atoms with Crippen LogP contribution in [0.5, 0.6) is 0 Å².